The summed E-state index contributed by atoms with van der Waals surface area (Å²) in [6.07, 6.45) is 3.05. The molecule has 0 radical (unpaired) electrons. The topological polar surface area (TPSA) is 125 Å². The number of anilines is 1. The van der Waals surface area contributed by atoms with Crippen molar-refractivity contribution in [3.05, 3.63) is 108 Å². The Hall–Kier alpha value is -5.47. The van der Waals surface area contributed by atoms with Crippen LogP contribution in [0.3, 0.4) is 0 Å². The predicted octanol–water partition coefficient (Wildman–Crippen LogP) is 6.09. The Morgan fingerprint density at radius 3 is 2.18 bits per heavy atom. The second-order valence-corrected chi connectivity index (χ2v) is 11.3. The second-order valence-electron chi connectivity index (χ2n) is 9.64. The van der Waals surface area contributed by atoms with E-state index in [1.54, 1.807) is 42.5 Å². The number of methoxy groups -OCH3 is 1. The van der Waals surface area contributed by atoms with Crippen LogP contribution >= 0.6 is 0 Å². The van der Waals surface area contributed by atoms with Gasteiger partial charge < -0.3 is 14.2 Å². The molecular formula is C33H29N5O5S. The Morgan fingerprint density at radius 2 is 1.50 bits per heavy atom. The number of nitrogens with zero attached hydrogens (tertiary/aromatic N) is 4. The molecule has 0 unspecified atom stereocenters. The number of ether oxygens (including phenoxy) is 3. The maximum atomic E-state index is 13.6. The summed E-state index contributed by atoms with van der Waals surface area (Å²) in [6, 6.07) is 24.6. The molecule has 5 aromatic rings. The zero-order valence-corrected chi connectivity index (χ0v) is 25.1. The summed E-state index contributed by atoms with van der Waals surface area (Å²) in [4.78, 5) is 17.5. The summed E-state index contributed by atoms with van der Waals surface area (Å²) in [5, 5.41) is 0. The third-order valence-electron chi connectivity index (χ3n) is 6.26. The quantitative estimate of drug-likeness (QED) is 0.188. The highest BCUT2D eigenvalue weighted by Crippen LogP contribution is 2.41. The van der Waals surface area contributed by atoms with E-state index in [1.165, 1.54) is 31.6 Å². The maximum Gasteiger partial charge on any atom is 0.264 e. The third-order valence-corrected chi connectivity index (χ3v) is 7.61. The average Bonchev–Trinajstić information content (AvgIpc) is 3.05. The normalized spacial score (nSPS) is 10.9. The Kier molecular flexibility index (Phi) is 9.32. The van der Waals surface area contributed by atoms with Crippen molar-refractivity contribution in [3.8, 4) is 46.6 Å². The smallest absolute Gasteiger partial charge is 0.264 e. The van der Waals surface area contributed by atoms with E-state index in [0.717, 1.165) is 11.1 Å². The lowest BCUT2D eigenvalue weighted by atomic mass is 10.0. The summed E-state index contributed by atoms with van der Waals surface area (Å²) in [7, 11) is -2.64. The van der Waals surface area contributed by atoms with E-state index in [4.69, 9.17) is 14.2 Å². The fourth-order valence-corrected chi connectivity index (χ4v) is 5.00. The number of sulfonamides is 1. The van der Waals surface area contributed by atoms with E-state index >= 15 is 0 Å². The fourth-order valence-electron chi connectivity index (χ4n) is 4.00. The van der Waals surface area contributed by atoms with Gasteiger partial charge in [0.2, 0.25) is 11.6 Å². The van der Waals surface area contributed by atoms with Gasteiger partial charge in [-0.2, -0.15) is 4.98 Å². The van der Waals surface area contributed by atoms with Gasteiger partial charge in [0.15, 0.2) is 29.7 Å². The van der Waals surface area contributed by atoms with Crippen molar-refractivity contribution in [1.29, 1.82) is 0 Å². The zero-order valence-electron chi connectivity index (χ0n) is 24.3. The molecular weight excluding hydrogens is 578 g/mol. The second kappa shape index (κ2) is 13.7. The lowest BCUT2D eigenvalue weighted by Crippen LogP contribution is -2.16. The van der Waals surface area contributed by atoms with Gasteiger partial charge in [0.25, 0.3) is 15.9 Å². The molecule has 1 N–H and O–H groups in total. The molecule has 0 fully saturated rings. The zero-order chi connectivity index (χ0) is 30.9. The lowest BCUT2D eigenvalue weighted by Gasteiger charge is -2.17. The van der Waals surface area contributed by atoms with Crippen molar-refractivity contribution in [2.45, 2.75) is 24.7 Å². The third kappa shape index (κ3) is 7.29. The molecule has 0 atom stereocenters. The van der Waals surface area contributed by atoms with Crippen molar-refractivity contribution in [1.82, 2.24) is 19.9 Å². The minimum Gasteiger partial charge on any atom is -0.493 e. The molecule has 0 aliphatic heterocycles. The lowest BCUT2D eigenvalue weighted by molar-refractivity contribution is 0.324. The molecule has 0 saturated heterocycles. The molecule has 3 aromatic carbocycles. The number of hydrogen-bond donors (Lipinski definition) is 1. The van der Waals surface area contributed by atoms with E-state index in [9.17, 15) is 8.42 Å². The first kappa shape index (κ1) is 30.0. The van der Waals surface area contributed by atoms with Crippen LogP contribution in [0.2, 0.25) is 0 Å². The number of hydrogen-bond acceptors (Lipinski definition) is 9. The van der Waals surface area contributed by atoms with Gasteiger partial charge in [-0.1, -0.05) is 68.2 Å². The predicted molar refractivity (Wildman–Crippen MR) is 166 cm³/mol. The van der Waals surface area contributed by atoms with Gasteiger partial charge in [-0.25, -0.2) is 23.4 Å². The van der Waals surface area contributed by atoms with Gasteiger partial charge in [-0.3, -0.25) is 4.72 Å². The van der Waals surface area contributed by atoms with E-state index in [2.05, 4.69) is 36.5 Å². The van der Waals surface area contributed by atoms with Crippen molar-refractivity contribution in [2.24, 2.45) is 0 Å². The van der Waals surface area contributed by atoms with Gasteiger partial charge in [0.1, 0.15) is 0 Å². The first-order valence-electron chi connectivity index (χ1n) is 13.6. The molecule has 5 rings (SSSR count). The monoisotopic (exact) mass is 607 g/mol. The van der Waals surface area contributed by atoms with Gasteiger partial charge in [0, 0.05) is 18.0 Å². The molecule has 11 heteroatoms. The molecule has 0 spiro atoms. The highest BCUT2D eigenvalue weighted by molar-refractivity contribution is 7.92. The van der Waals surface area contributed by atoms with Crippen LogP contribution in [0, 0.1) is 11.8 Å². The van der Waals surface area contributed by atoms with Crippen LogP contribution in [-0.2, 0) is 10.0 Å². The van der Waals surface area contributed by atoms with E-state index < -0.39 is 10.0 Å². The van der Waals surface area contributed by atoms with Crippen LogP contribution in [-0.4, -0.2) is 42.1 Å². The number of aromatic nitrogens is 4. The molecule has 0 aliphatic rings. The molecule has 2 heterocycles. The van der Waals surface area contributed by atoms with Crippen molar-refractivity contribution < 1.29 is 22.6 Å². The summed E-state index contributed by atoms with van der Waals surface area (Å²) in [5.41, 5.74) is 1.81. The van der Waals surface area contributed by atoms with E-state index in [-0.39, 0.29) is 52.3 Å². The molecule has 10 nitrogen and oxygen atoms in total. The van der Waals surface area contributed by atoms with Crippen molar-refractivity contribution >= 4 is 15.8 Å². The largest absolute Gasteiger partial charge is 0.493 e. The first-order valence-corrected chi connectivity index (χ1v) is 15.1. The SMILES string of the molecule is COc1ccccc1Oc1c(NS(=O)(=O)c2ccc(C(C)C)cc2)nc(-c2ncccn2)nc1OCC#Cc1ccccc1. The van der Waals surface area contributed by atoms with Gasteiger partial charge in [0.05, 0.1) is 12.0 Å². The Bertz CT molecular complexity index is 1890. The molecule has 0 saturated carbocycles. The minimum atomic E-state index is -4.14. The van der Waals surface area contributed by atoms with Gasteiger partial charge in [-0.15, -0.1) is 0 Å². The molecule has 44 heavy (non-hydrogen) atoms. The molecule has 2 aromatic heterocycles. The summed E-state index contributed by atoms with van der Waals surface area (Å²) in [6.45, 7) is 3.97. The summed E-state index contributed by atoms with van der Waals surface area (Å²) < 4.78 is 47.5. The van der Waals surface area contributed by atoms with Gasteiger partial charge in [-0.05, 0) is 53.9 Å². The Labute approximate surface area is 256 Å². The number of rotatable bonds is 10. The number of para-hydroxylation sites is 2. The Morgan fingerprint density at radius 1 is 0.818 bits per heavy atom. The Balaban J connectivity index is 1.61. The van der Waals surface area contributed by atoms with Crippen LogP contribution in [0.15, 0.2) is 102 Å². The van der Waals surface area contributed by atoms with E-state index in [0.29, 0.717) is 5.75 Å². The molecule has 0 bridgehead atoms. The fraction of sp³-hybridized carbons (Fsp3) is 0.152. The highest BCUT2D eigenvalue weighted by atomic mass is 32.2. The van der Waals surface area contributed by atoms with Crippen LogP contribution < -0.4 is 18.9 Å². The van der Waals surface area contributed by atoms with Crippen LogP contribution in [0.4, 0.5) is 5.82 Å². The van der Waals surface area contributed by atoms with Crippen molar-refractivity contribution in [2.75, 3.05) is 18.4 Å². The van der Waals surface area contributed by atoms with Crippen LogP contribution in [0.5, 0.6) is 23.1 Å². The summed E-state index contributed by atoms with van der Waals surface area (Å²) >= 11 is 0. The average molecular weight is 608 g/mol. The van der Waals surface area contributed by atoms with Crippen LogP contribution in [0.1, 0.15) is 30.9 Å². The van der Waals surface area contributed by atoms with Crippen molar-refractivity contribution in [3.63, 3.8) is 0 Å². The minimum absolute atomic E-state index is 0.0110. The first-order chi connectivity index (χ1) is 21.3. The standard InChI is InChI=1S/C33H29N5O5S/c1-23(2)25-16-18-26(19-17-25)44(39,40)38-30-29(43-28-15-8-7-14-27(28)41-3)33(37-32(36-30)31-34-20-10-21-35-31)42-22-9-13-24-11-5-4-6-12-24/h4-8,10-12,14-21,23H,22H2,1-3H3,(H,36,37,38). The van der Waals surface area contributed by atoms with Gasteiger partial charge >= 0.3 is 0 Å². The number of nitrogens with one attached hydrogen (secondary N) is 1. The highest BCUT2D eigenvalue weighted by Gasteiger charge is 2.26. The van der Waals surface area contributed by atoms with E-state index in [1.807, 2.05) is 44.2 Å². The summed E-state index contributed by atoms with van der Waals surface area (Å²) in [5.74, 6) is 6.68. The van der Waals surface area contributed by atoms with Crippen LogP contribution in [0.25, 0.3) is 11.6 Å². The molecule has 0 amide bonds. The maximum absolute atomic E-state index is 13.6. The molecule has 222 valence electrons. The molecule has 0 aliphatic carbocycles. The number of benzene rings is 3.